The van der Waals surface area contributed by atoms with E-state index in [4.69, 9.17) is 14.2 Å². The SMILES string of the molecule is COC(=O)CCCC=C1C[C@@H]2C[C@@H](OC3CCCCO3)[C@H](C=CC(=O)C3CCCC3)[C@H]2C1. The molecule has 178 valence electrons. The van der Waals surface area contributed by atoms with Crippen molar-refractivity contribution in [3.8, 4) is 0 Å². The van der Waals surface area contributed by atoms with Gasteiger partial charge in [-0.1, -0.05) is 30.6 Å². The van der Waals surface area contributed by atoms with Gasteiger partial charge in [0.15, 0.2) is 12.1 Å². The number of hydrogen-bond acceptors (Lipinski definition) is 5. The standard InChI is InChI=1S/C27H40O5/c1-30-26(29)11-5-2-8-19-16-21-18-25(32-27-12-6-7-15-31-27)22(23(21)17-19)13-14-24(28)20-9-3-4-10-20/h8,13-14,20-23,25,27H,2-7,9-12,15-18H2,1H3/t21-,22-,23+,25-,27?/m1/s1. The van der Waals surface area contributed by atoms with Gasteiger partial charge in [0, 0.05) is 24.9 Å². The average Bonchev–Trinajstić information content (AvgIpc) is 3.53. The molecule has 4 fully saturated rings. The zero-order valence-electron chi connectivity index (χ0n) is 19.6. The molecule has 4 rings (SSSR count). The van der Waals surface area contributed by atoms with Gasteiger partial charge in [-0.15, -0.1) is 0 Å². The number of methoxy groups -OCH3 is 1. The van der Waals surface area contributed by atoms with Gasteiger partial charge in [0.25, 0.3) is 0 Å². The lowest BCUT2D eigenvalue weighted by Crippen LogP contribution is -2.30. The third kappa shape index (κ3) is 6.11. The average molecular weight is 445 g/mol. The van der Waals surface area contributed by atoms with Gasteiger partial charge >= 0.3 is 5.97 Å². The first-order chi connectivity index (χ1) is 15.6. The minimum absolute atomic E-state index is 0.0812. The van der Waals surface area contributed by atoms with Crippen LogP contribution < -0.4 is 0 Å². The van der Waals surface area contributed by atoms with Crippen molar-refractivity contribution in [2.75, 3.05) is 13.7 Å². The summed E-state index contributed by atoms with van der Waals surface area (Å²) in [5.74, 6) is 1.87. The molecule has 32 heavy (non-hydrogen) atoms. The maximum absolute atomic E-state index is 12.7. The number of carbonyl (C=O) groups excluding carboxylic acids is 2. The van der Waals surface area contributed by atoms with Crippen molar-refractivity contribution in [3.63, 3.8) is 0 Å². The highest BCUT2D eigenvalue weighted by Gasteiger charge is 2.47. The van der Waals surface area contributed by atoms with Crippen LogP contribution in [0.25, 0.3) is 0 Å². The van der Waals surface area contributed by atoms with Gasteiger partial charge in [0.1, 0.15) is 0 Å². The van der Waals surface area contributed by atoms with Crippen molar-refractivity contribution < 1.29 is 23.8 Å². The van der Waals surface area contributed by atoms with E-state index in [-0.39, 0.29) is 30.2 Å². The third-order valence-corrected chi connectivity index (χ3v) is 8.04. The molecule has 0 aromatic rings. The van der Waals surface area contributed by atoms with Gasteiger partial charge in [0.2, 0.25) is 0 Å². The summed E-state index contributed by atoms with van der Waals surface area (Å²) in [4.78, 5) is 24.0. The molecule has 1 heterocycles. The van der Waals surface area contributed by atoms with E-state index in [9.17, 15) is 9.59 Å². The summed E-state index contributed by atoms with van der Waals surface area (Å²) in [5, 5.41) is 0. The van der Waals surface area contributed by atoms with Crippen LogP contribution in [-0.4, -0.2) is 37.9 Å². The zero-order chi connectivity index (χ0) is 22.3. The van der Waals surface area contributed by atoms with Crippen molar-refractivity contribution in [2.24, 2.45) is 23.7 Å². The van der Waals surface area contributed by atoms with E-state index in [0.717, 1.165) is 64.4 Å². The van der Waals surface area contributed by atoms with Crippen molar-refractivity contribution in [3.05, 3.63) is 23.8 Å². The number of fused-ring (bicyclic) bond motifs is 1. The number of esters is 1. The zero-order valence-corrected chi connectivity index (χ0v) is 19.6. The number of allylic oxidation sites excluding steroid dienone is 3. The van der Waals surface area contributed by atoms with Crippen LogP contribution in [0, 0.1) is 23.7 Å². The quantitative estimate of drug-likeness (QED) is 0.202. The first kappa shape index (κ1) is 23.7. The summed E-state index contributed by atoms with van der Waals surface area (Å²) in [7, 11) is 1.45. The molecule has 5 atom stereocenters. The van der Waals surface area contributed by atoms with Crippen LogP contribution >= 0.6 is 0 Å². The molecule has 3 saturated carbocycles. The molecule has 0 N–H and O–H groups in total. The van der Waals surface area contributed by atoms with Crippen molar-refractivity contribution in [2.45, 2.75) is 95.9 Å². The Balaban J connectivity index is 1.38. The smallest absolute Gasteiger partial charge is 0.305 e. The van der Waals surface area contributed by atoms with Crippen molar-refractivity contribution in [1.29, 1.82) is 0 Å². The largest absolute Gasteiger partial charge is 0.469 e. The fourth-order valence-corrected chi connectivity index (χ4v) is 6.28. The second kappa shape index (κ2) is 11.6. The summed E-state index contributed by atoms with van der Waals surface area (Å²) in [6.07, 6.45) is 19.8. The molecule has 5 nitrogen and oxygen atoms in total. The predicted octanol–water partition coefficient (Wildman–Crippen LogP) is 5.53. The summed E-state index contributed by atoms with van der Waals surface area (Å²) >= 11 is 0. The highest BCUT2D eigenvalue weighted by Crippen LogP contribution is 2.52. The van der Waals surface area contributed by atoms with E-state index in [1.54, 1.807) is 0 Å². The Bertz CT molecular complexity index is 699. The molecule has 1 aliphatic heterocycles. The van der Waals surface area contributed by atoms with E-state index in [0.29, 0.717) is 24.0 Å². The number of ether oxygens (including phenoxy) is 3. The van der Waals surface area contributed by atoms with Crippen LogP contribution in [0.3, 0.4) is 0 Å². The Morgan fingerprint density at radius 3 is 2.66 bits per heavy atom. The highest BCUT2D eigenvalue weighted by molar-refractivity contribution is 5.91. The molecule has 4 aliphatic rings. The minimum Gasteiger partial charge on any atom is -0.469 e. The number of rotatable bonds is 9. The van der Waals surface area contributed by atoms with E-state index in [1.807, 2.05) is 6.08 Å². The Hall–Kier alpha value is -1.46. The number of hydrogen-bond donors (Lipinski definition) is 0. The maximum Gasteiger partial charge on any atom is 0.305 e. The minimum atomic E-state index is -0.131. The van der Waals surface area contributed by atoms with Gasteiger partial charge in [0.05, 0.1) is 13.2 Å². The van der Waals surface area contributed by atoms with Crippen LogP contribution in [0.4, 0.5) is 0 Å². The van der Waals surface area contributed by atoms with Crippen LogP contribution in [0.5, 0.6) is 0 Å². The fraction of sp³-hybridized carbons (Fsp3) is 0.778. The highest BCUT2D eigenvalue weighted by atomic mass is 16.7. The number of ketones is 1. The molecule has 0 aromatic heterocycles. The lowest BCUT2D eigenvalue weighted by Gasteiger charge is -2.29. The lowest BCUT2D eigenvalue weighted by molar-refractivity contribution is -0.193. The number of carbonyl (C=O) groups is 2. The molecule has 0 spiro atoms. The summed E-state index contributed by atoms with van der Waals surface area (Å²) in [6, 6.07) is 0. The molecule has 1 unspecified atom stereocenters. The predicted molar refractivity (Wildman–Crippen MR) is 123 cm³/mol. The molecule has 1 saturated heterocycles. The molecular weight excluding hydrogens is 404 g/mol. The van der Waals surface area contributed by atoms with Gasteiger partial charge in [-0.25, -0.2) is 0 Å². The molecule has 3 aliphatic carbocycles. The van der Waals surface area contributed by atoms with Crippen LogP contribution in [0.1, 0.15) is 83.5 Å². The second-order valence-corrected chi connectivity index (χ2v) is 10.2. The van der Waals surface area contributed by atoms with Crippen molar-refractivity contribution in [1.82, 2.24) is 0 Å². The molecular formula is C27H40O5. The fourth-order valence-electron chi connectivity index (χ4n) is 6.28. The molecule has 0 amide bonds. The first-order valence-corrected chi connectivity index (χ1v) is 12.9. The van der Waals surface area contributed by atoms with Crippen LogP contribution in [-0.2, 0) is 23.8 Å². The monoisotopic (exact) mass is 444 g/mol. The Morgan fingerprint density at radius 1 is 1.09 bits per heavy atom. The van der Waals surface area contributed by atoms with Gasteiger partial charge < -0.3 is 14.2 Å². The molecule has 0 aromatic carbocycles. The third-order valence-electron chi connectivity index (χ3n) is 8.04. The van der Waals surface area contributed by atoms with E-state index < -0.39 is 0 Å². The van der Waals surface area contributed by atoms with E-state index in [2.05, 4.69) is 12.2 Å². The summed E-state index contributed by atoms with van der Waals surface area (Å²) in [6.45, 7) is 0.795. The molecule has 0 radical (unpaired) electrons. The lowest BCUT2D eigenvalue weighted by atomic mass is 9.89. The molecule has 0 bridgehead atoms. The molecule has 5 heteroatoms. The van der Waals surface area contributed by atoms with Crippen LogP contribution in [0.15, 0.2) is 23.8 Å². The first-order valence-electron chi connectivity index (χ1n) is 12.9. The summed E-state index contributed by atoms with van der Waals surface area (Å²) in [5.41, 5.74) is 1.51. The van der Waals surface area contributed by atoms with Gasteiger partial charge in [-0.05, 0) is 82.1 Å². The van der Waals surface area contributed by atoms with E-state index >= 15 is 0 Å². The Kier molecular flexibility index (Phi) is 8.59. The van der Waals surface area contributed by atoms with E-state index in [1.165, 1.54) is 31.9 Å². The van der Waals surface area contributed by atoms with Gasteiger partial charge in [-0.2, -0.15) is 0 Å². The summed E-state index contributed by atoms with van der Waals surface area (Å²) < 4.78 is 17.1. The Morgan fingerprint density at radius 2 is 1.91 bits per heavy atom. The van der Waals surface area contributed by atoms with Crippen LogP contribution in [0.2, 0.25) is 0 Å². The van der Waals surface area contributed by atoms with Crippen molar-refractivity contribution >= 4 is 11.8 Å². The second-order valence-electron chi connectivity index (χ2n) is 10.2. The topological polar surface area (TPSA) is 61.8 Å². The Labute approximate surface area is 192 Å². The maximum atomic E-state index is 12.7. The number of unbranched alkanes of at least 4 members (excludes halogenated alkanes) is 1. The normalized spacial score (nSPS) is 34.4. The van der Waals surface area contributed by atoms with Gasteiger partial charge in [-0.3, -0.25) is 9.59 Å².